The van der Waals surface area contributed by atoms with E-state index in [9.17, 15) is 14.9 Å². The van der Waals surface area contributed by atoms with Crippen LogP contribution in [0.5, 0.6) is 0 Å². The van der Waals surface area contributed by atoms with Gasteiger partial charge in [-0.1, -0.05) is 13.3 Å². The van der Waals surface area contributed by atoms with Crippen molar-refractivity contribution in [1.29, 1.82) is 0 Å². The van der Waals surface area contributed by atoms with Gasteiger partial charge in [-0.2, -0.15) is 0 Å². The predicted octanol–water partition coefficient (Wildman–Crippen LogP) is 1.78. The van der Waals surface area contributed by atoms with E-state index < -0.39 is 6.04 Å². The molecule has 0 saturated heterocycles. The van der Waals surface area contributed by atoms with E-state index in [1.54, 1.807) is 0 Å². The Kier molecular flexibility index (Phi) is 6.70. The zero-order valence-corrected chi connectivity index (χ0v) is 8.69. The minimum Gasteiger partial charge on any atom is -0.469 e. The molecule has 82 valence electrons. The van der Waals surface area contributed by atoms with Gasteiger partial charge in [0.05, 0.1) is 13.5 Å². The third kappa shape index (κ3) is 5.50. The normalized spacial score (nSPS) is 12.1. The summed E-state index contributed by atoms with van der Waals surface area (Å²) >= 11 is 0. The number of hydrogen-bond donors (Lipinski definition) is 0. The molecule has 5 heteroatoms. The molecule has 5 nitrogen and oxygen atoms in total. The molecule has 0 aromatic rings. The lowest BCUT2D eigenvalue weighted by molar-refractivity contribution is -0.524. The quantitative estimate of drug-likeness (QED) is 0.359. The molecule has 0 saturated carbocycles. The molecule has 0 aromatic carbocycles. The van der Waals surface area contributed by atoms with Crippen molar-refractivity contribution >= 4 is 5.97 Å². The number of esters is 1. The van der Waals surface area contributed by atoms with Gasteiger partial charge in [0.25, 0.3) is 0 Å². The summed E-state index contributed by atoms with van der Waals surface area (Å²) in [6.45, 7) is 1.98. The van der Waals surface area contributed by atoms with Gasteiger partial charge in [0.1, 0.15) is 0 Å². The molecule has 0 fully saturated rings. The Bertz CT molecular complexity index is 193. The molecule has 0 N–H and O–H groups in total. The molecule has 0 aliphatic heterocycles. The number of unbranched alkanes of at least 4 members (excludes halogenated alkanes) is 1. The first kappa shape index (κ1) is 12.9. The van der Waals surface area contributed by atoms with Crippen LogP contribution in [-0.2, 0) is 9.53 Å². The summed E-state index contributed by atoms with van der Waals surface area (Å²) in [5.41, 5.74) is 0. The molecule has 0 radical (unpaired) electrons. The van der Waals surface area contributed by atoms with Crippen LogP contribution in [0.2, 0.25) is 0 Å². The number of carbonyl (C=O) groups is 1. The lowest BCUT2D eigenvalue weighted by Crippen LogP contribution is -2.20. The van der Waals surface area contributed by atoms with Gasteiger partial charge < -0.3 is 4.74 Å². The maximum absolute atomic E-state index is 10.8. The smallest absolute Gasteiger partial charge is 0.305 e. The number of ether oxygens (including phenoxy) is 1. The van der Waals surface area contributed by atoms with Crippen LogP contribution in [0.1, 0.15) is 39.0 Å². The van der Waals surface area contributed by atoms with Crippen molar-refractivity contribution in [2.24, 2.45) is 0 Å². The van der Waals surface area contributed by atoms with E-state index >= 15 is 0 Å². The van der Waals surface area contributed by atoms with Gasteiger partial charge in [0, 0.05) is 17.8 Å². The highest BCUT2D eigenvalue weighted by Crippen LogP contribution is 2.10. The van der Waals surface area contributed by atoms with E-state index in [1.165, 1.54) is 7.11 Å². The van der Waals surface area contributed by atoms with Crippen LogP contribution in [0.25, 0.3) is 0 Å². The van der Waals surface area contributed by atoms with E-state index in [2.05, 4.69) is 4.74 Å². The van der Waals surface area contributed by atoms with Crippen molar-refractivity contribution < 1.29 is 14.5 Å². The summed E-state index contributed by atoms with van der Waals surface area (Å²) in [5, 5.41) is 10.6. The zero-order chi connectivity index (χ0) is 11.0. The minimum atomic E-state index is -0.603. The highest BCUT2D eigenvalue weighted by molar-refractivity contribution is 5.69. The Hall–Kier alpha value is -1.13. The second-order valence-corrected chi connectivity index (χ2v) is 3.20. The Labute approximate surface area is 83.6 Å². The van der Waals surface area contributed by atoms with E-state index in [4.69, 9.17) is 0 Å². The van der Waals surface area contributed by atoms with Crippen molar-refractivity contribution in [3.05, 3.63) is 10.1 Å². The minimum absolute atomic E-state index is 0.131. The van der Waals surface area contributed by atoms with Gasteiger partial charge in [0.2, 0.25) is 6.04 Å². The first-order valence-corrected chi connectivity index (χ1v) is 4.82. The average Bonchev–Trinajstić information content (AvgIpc) is 2.16. The topological polar surface area (TPSA) is 69.4 Å². The Morgan fingerprint density at radius 2 is 2.14 bits per heavy atom. The van der Waals surface area contributed by atoms with E-state index in [1.807, 2.05) is 6.92 Å². The summed E-state index contributed by atoms with van der Waals surface area (Å²) in [7, 11) is 1.29. The van der Waals surface area contributed by atoms with Gasteiger partial charge in [-0.15, -0.1) is 0 Å². The van der Waals surface area contributed by atoms with Gasteiger partial charge >= 0.3 is 5.97 Å². The fourth-order valence-electron chi connectivity index (χ4n) is 1.18. The van der Waals surface area contributed by atoms with Crippen molar-refractivity contribution in [3.63, 3.8) is 0 Å². The molecule has 1 atom stereocenters. The third-order valence-electron chi connectivity index (χ3n) is 2.10. The van der Waals surface area contributed by atoms with Crippen LogP contribution in [0.4, 0.5) is 0 Å². The standard InChI is InChI=1S/C9H17NO4/c1-3-4-5-8(10(12)13)6-7-9(11)14-2/h8H,3-7H2,1-2H3. The molecule has 0 aliphatic rings. The van der Waals surface area contributed by atoms with E-state index in [0.29, 0.717) is 6.42 Å². The molecule has 0 bridgehead atoms. The Balaban J connectivity index is 3.84. The summed E-state index contributed by atoms with van der Waals surface area (Å²) in [6.07, 6.45) is 2.71. The van der Waals surface area contributed by atoms with Crippen molar-refractivity contribution in [1.82, 2.24) is 0 Å². The number of nitro groups is 1. The van der Waals surface area contributed by atoms with Crippen molar-refractivity contribution in [2.45, 2.75) is 45.1 Å². The Morgan fingerprint density at radius 1 is 1.50 bits per heavy atom. The summed E-state index contributed by atoms with van der Waals surface area (Å²) in [4.78, 5) is 21.0. The van der Waals surface area contributed by atoms with Crippen LogP contribution in [-0.4, -0.2) is 24.0 Å². The third-order valence-corrected chi connectivity index (χ3v) is 2.10. The second kappa shape index (κ2) is 7.29. The number of hydrogen-bond acceptors (Lipinski definition) is 4. The van der Waals surface area contributed by atoms with Crippen molar-refractivity contribution in [3.8, 4) is 0 Å². The van der Waals surface area contributed by atoms with Gasteiger partial charge in [0.15, 0.2) is 0 Å². The average molecular weight is 203 g/mol. The maximum atomic E-state index is 10.8. The summed E-state index contributed by atoms with van der Waals surface area (Å²) in [6, 6.07) is -0.603. The summed E-state index contributed by atoms with van der Waals surface area (Å²) < 4.78 is 4.42. The number of methoxy groups -OCH3 is 1. The maximum Gasteiger partial charge on any atom is 0.305 e. The van der Waals surface area contributed by atoms with Gasteiger partial charge in [-0.3, -0.25) is 14.9 Å². The van der Waals surface area contributed by atoms with Crippen LogP contribution in [0, 0.1) is 10.1 Å². The summed E-state index contributed by atoms with van der Waals surface area (Å²) in [5.74, 6) is -0.381. The number of rotatable bonds is 7. The second-order valence-electron chi connectivity index (χ2n) is 3.20. The monoisotopic (exact) mass is 203 g/mol. The van der Waals surface area contributed by atoms with Crippen LogP contribution in [0.15, 0.2) is 0 Å². The Morgan fingerprint density at radius 3 is 2.57 bits per heavy atom. The lowest BCUT2D eigenvalue weighted by Gasteiger charge is -2.07. The molecular weight excluding hydrogens is 186 g/mol. The van der Waals surface area contributed by atoms with E-state index in [-0.39, 0.29) is 23.7 Å². The van der Waals surface area contributed by atoms with Crippen LogP contribution < -0.4 is 0 Å². The molecule has 0 amide bonds. The molecule has 0 aliphatic carbocycles. The fraction of sp³-hybridized carbons (Fsp3) is 0.889. The first-order chi connectivity index (χ1) is 6.61. The number of carbonyl (C=O) groups excluding carboxylic acids is 1. The first-order valence-electron chi connectivity index (χ1n) is 4.82. The van der Waals surface area contributed by atoms with Crippen molar-refractivity contribution in [2.75, 3.05) is 7.11 Å². The molecule has 14 heavy (non-hydrogen) atoms. The fourth-order valence-corrected chi connectivity index (χ4v) is 1.18. The van der Waals surface area contributed by atoms with Crippen LogP contribution in [0.3, 0.4) is 0 Å². The molecule has 0 spiro atoms. The highest BCUT2D eigenvalue weighted by Gasteiger charge is 2.20. The highest BCUT2D eigenvalue weighted by atomic mass is 16.6. The lowest BCUT2D eigenvalue weighted by atomic mass is 10.1. The van der Waals surface area contributed by atoms with Gasteiger partial charge in [-0.25, -0.2) is 0 Å². The molecule has 0 rings (SSSR count). The molecule has 1 unspecified atom stereocenters. The zero-order valence-electron chi connectivity index (χ0n) is 8.69. The van der Waals surface area contributed by atoms with Crippen LogP contribution >= 0.6 is 0 Å². The SMILES string of the molecule is CCCCC(CCC(=O)OC)[N+](=O)[O-]. The molecule has 0 aromatic heterocycles. The molecule has 0 heterocycles. The number of nitrogens with zero attached hydrogens (tertiary/aromatic N) is 1. The molecular formula is C9H17NO4. The van der Waals surface area contributed by atoms with Gasteiger partial charge in [-0.05, 0) is 6.42 Å². The van der Waals surface area contributed by atoms with E-state index in [0.717, 1.165) is 12.8 Å². The predicted molar refractivity (Wildman–Crippen MR) is 51.6 cm³/mol. The largest absolute Gasteiger partial charge is 0.469 e.